The molecule has 4 unspecified atom stereocenters. The summed E-state index contributed by atoms with van der Waals surface area (Å²) in [6.07, 6.45) is 6.56. The second-order valence-electron chi connectivity index (χ2n) is 6.97. The monoisotopic (exact) mass is 225 g/mol. The van der Waals surface area contributed by atoms with Crippen LogP contribution in [-0.4, -0.2) is 6.04 Å². The molecule has 4 atom stereocenters. The number of hydrogen-bond acceptors (Lipinski definition) is 1. The summed E-state index contributed by atoms with van der Waals surface area (Å²) in [5, 5.41) is 0. The van der Waals surface area contributed by atoms with Gasteiger partial charge in [-0.1, -0.05) is 47.5 Å². The first-order valence-electron chi connectivity index (χ1n) is 7.11. The van der Waals surface area contributed by atoms with Crippen LogP contribution < -0.4 is 5.73 Å². The largest absolute Gasteiger partial charge is 0.327 e. The molecule has 2 N–H and O–H groups in total. The van der Waals surface area contributed by atoms with Crippen molar-refractivity contribution < 1.29 is 0 Å². The lowest BCUT2D eigenvalue weighted by molar-refractivity contribution is 0.0967. The van der Waals surface area contributed by atoms with Crippen LogP contribution in [0.3, 0.4) is 0 Å². The molecule has 0 saturated heterocycles. The van der Waals surface area contributed by atoms with Crippen molar-refractivity contribution in [3.63, 3.8) is 0 Å². The van der Waals surface area contributed by atoms with Crippen molar-refractivity contribution >= 4 is 0 Å². The topological polar surface area (TPSA) is 26.0 Å². The van der Waals surface area contributed by atoms with Crippen molar-refractivity contribution in [2.24, 2.45) is 28.9 Å². The fourth-order valence-electron chi connectivity index (χ4n) is 3.34. The van der Waals surface area contributed by atoms with Crippen LogP contribution >= 0.6 is 0 Å². The lowest BCUT2D eigenvalue weighted by Crippen LogP contribution is -2.42. The highest BCUT2D eigenvalue weighted by atomic mass is 14.7. The van der Waals surface area contributed by atoms with Crippen LogP contribution in [0, 0.1) is 23.2 Å². The molecule has 96 valence electrons. The summed E-state index contributed by atoms with van der Waals surface area (Å²) in [5.74, 6) is 2.44. The molecule has 0 spiro atoms. The van der Waals surface area contributed by atoms with E-state index in [1.807, 2.05) is 0 Å². The zero-order valence-corrected chi connectivity index (χ0v) is 11.9. The minimum absolute atomic E-state index is 0.458. The quantitative estimate of drug-likeness (QED) is 0.765. The molecular weight excluding hydrogens is 194 g/mol. The average Bonchev–Trinajstić information content (AvgIpc) is 2.16. The molecule has 0 aromatic heterocycles. The van der Waals surface area contributed by atoms with Crippen LogP contribution in [-0.2, 0) is 0 Å². The second kappa shape index (κ2) is 5.53. The second-order valence-corrected chi connectivity index (χ2v) is 6.97. The van der Waals surface area contributed by atoms with E-state index in [0.29, 0.717) is 11.5 Å². The van der Waals surface area contributed by atoms with Gasteiger partial charge in [-0.2, -0.15) is 0 Å². The Morgan fingerprint density at radius 1 is 1.25 bits per heavy atom. The summed E-state index contributed by atoms with van der Waals surface area (Å²) in [5.41, 5.74) is 6.78. The summed E-state index contributed by atoms with van der Waals surface area (Å²) in [4.78, 5) is 0. The van der Waals surface area contributed by atoms with Gasteiger partial charge in [0.1, 0.15) is 0 Å². The number of rotatable bonds is 3. The predicted octanol–water partition coefficient (Wildman–Crippen LogP) is 4.21. The molecule has 0 aromatic carbocycles. The Labute approximate surface area is 102 Å². The standard InChI is InChI=1S/C15H31N/c1-6-7-11(2)13-10-12(15(3,4)5)8-9-14(13)16/h11-14H,6-10,16H2,1-5H3. The third kappa shape index (κ3) is 3.48. The Morgan fingerprint density at radius 3 is 2.38 bits per heavy atom. The molecule has 0 heterocycles. The molecule has 1 heteroatoms. The maximum absolute atomic E-state index is 6.32. The Morgan fingerprint density at radius 2 is 1.88 bits per heavy atom. The maximum atomic E-state index is 6.32. The first kappa shape index (κ1) is 14.0. The van der Waals surface area contributed by atoms with E-state index in [9.17, 15) is 0 Å². The zero-order chi connectivity index (χ0) is 12.3. The molecular formula is C15H31N. The van der Waals surface area contributed by atoms with Crippen molar-refractivity contribution in [2.75, 3.05) is 0 Å². The average molecular weight is 225 g/mol. The highest BCUT2D eigenvalue weighted by Crippen LogP contribution is 2.42. The lowest BCUT2D eigenvalue weighted by atomic mass is 9.64. The lowest BCUT2D eigenvalue weighted by Gasteiger charge is -2.43. The Balaban J connectivity index is 2.61. The fraction of sp³-hybridized carbons (Fsp3) is 1.00. The van der Waals surface area contributed by atoms with Gasteiger partial charge >= 0.3 is 0 Å². The van der Waals surface area contributed by atoms with Gasteiger partial charge in [0.15, 0.2) is 0 Å². The van der Waals surface area contributed by atoms with Crippen LogP contribution in [0.25, 0.3) is 0 Å². The predicted molar refractivity (Wildman–Crippen MR) is 72.3 cm³/mol. The van der Waals surface area contributed by atoms with Gasteiger partial charge in [-0.3, -0.25) is 0 Å². The van der Waals surface area contributed by atoms with Gasteiger partial charge in [-0.15, -0.1) is 0 Å². The van der Waals surface area contributed by atoms with E-state index in [1.165, 1.54) is 32.1 Å². The van der Waals surface area contributed by atoms with Gasteiger partial charge in [-0.25, -0.2) is 0 Å². The van der Waals surface area contributed by atoms with Gasteiger partial charge in [0.2, 0.25) is 0 Å². The van der Waals surface area contributed by atoms with Gasteiger partial charge in [0.05, 0.1) is 0 Å². The van der Waals surface area contributed by atoms with Gasteiger partial charge in [-0.05, 0) is 42.4 Å². The Kier molecular flexibility index (Phi) is 4.85. The maximum Gasteiger partial charge on any atom is 0.00699 e. The van der Waals surface area contributed by atoms with Crippen molar-refractivity contribution in [2.45, 2.75) is 72.8 Å². The molecule has 1 saturated carbocycles. The van der Waals surface area contributed by atoms with Crippen molar-refractivity contribution in [3.05, 3.63) is 0 Å². The van der Waals surface area contributed by atoms with E-state index < -0.39 is 0 Å². The molecule has 1 nitrogen and oxygen atoms in total. The Bertz CT molecular complexity index is 204. The van der Waals surface area contributed by atoms with Crippen LogP contribution in [0.5, 0.6) is 0 Å². The molecule has 0 aliphatic heterocycles. The summed E-state index contributed by atoms with van der Waals surface area (Å²) in [6.45, 7) is 11.8. The molecule has 1 aliphatic carbocycles. The summed E-state index contributed by atoms with van der Waals surface area (Å²) < 4.78 is 0. The van der Waals surface area contributed by atoms with Crippen LogP contribution in [0.15, 0.2) is 0 Å². The summed E-state index contributed by atoms with van der Waals surface area (Å²) >= 11 is 0. The van der Waals surface area contributed by atoms with Crippen molar-refractivity contribution in [1.82, 2.24) is 0 Å². The van der Waals surface area contributed by atoms with Gasteiger partial charge in [0, 0.05) is 6.04 Å². The highest BCUT2D eigenvalue weighted by Gasteiger charge is 2.36. The highest BCUT2D eigenvalue weighted by molar-refractivity contribution is 4.89. The van der Waals surface area contributed by atoms with E-state index in [0.717, 1.165) is 17.8 Å². The molecule has 0 aromatic rings. The molecule has 0 amide bonds. The zero-order valence-electron chi connectivity index (χ0n) is 11.9. The molecule has 0 radical (unpaired) electrons. The van der Waals surface area contributed by atoms with E-state index >= 15 is 0 Å². The SMILES string of the molecule is CCCC(C)C1CC(C(C)(C)C)CCC1N. The number of nitrogens with two attached hydrogens (primary N) is 1. The molecule has 0 bridgehead atoms. The summed E-state index contributed by atoms with van der Waals surface area (Å²) in [6, 6.07) is 0.458. The summed E-state index contributed by atoms with van der Waals surface area (Å²) in [7, 11) is 0. The van der Waals surface area contributed by atoms with Crippen LogP contribution in [0.1, 0.15) is 66.7 Å². The molecule has 16 heavy (non-hydrogen) atoms. The first-order chi connectivity index (χ1) is 7.36. The van der Waals surface area contributed by atoms with Crippen LogP contribution in [0.4, 0.5) is 0 Å². The molecule has 1 fully saturated rings. The van der Waals surface area contributed by atoms with Crippen molar-refractivity contribution in [1.29, 1.82) is 0 Å². The third-order valence-electron chi connectivity index (χ3n) is 4.65. The van der Waals surface area contributed by atoms with Crippen LogP contribution in [0.2, 0.25) is 0 Å². The van der Waals surface area contributed by atoms with Gasteiger partial charge in [0.25, 0.3) is 0 Å². The van der Waals surface area contributed by atoms with E-state index in [4.69, 9.17) is 5.73 Å². The Hall–Kier alpha value is -0.0400. The third-order valence-corrected chi connectivity index (χ3v) is 4.65. The van der Waals surface area contributed by atoms with Gasteiger partial charge < -0.3 is 5.73 Å². The first-order valence-corrected chi connectivity index (χ1v) is 7.11. The minimum atomic E-state index is 0.458. The number of hydrogen-bond donors (Lipinski definition) is 1. The molecule has 1 aliphatic rings. The normalized spacial score (nSPS) is 33.8. The van der Waals surface area contributed by atoms with E-state index in [-0.39, 0.29) is 0 Å². The smallest absolute Gasteiger partial charge is 0.00699 e. The minimum Gasteiger partial charge on any atom is -0.327 e. The molecule has 1 rings (SSSR count). The fourth-order valence-corrected chi connectivity index (χ4v) is 3.34. The van der Waals surface area contributed by atoms with E-state index in [1.54, 1.807) is 0 Å². The van der Waals surface area contributed by atoms with E-state index in [2.05, 4.69) is 34.6 Å². The van der Waals surface area contributed by atoms with Crippen molar-refractivity contribution in [3.8, 4) is 0 Å².